The first-order valence-electron chi connectivity index (χ1n) is 14.7. The number of aliphatic hydroxyl groups excluding tert-OH is 1. The molecule has 0 bridgehead atoms. The fourth-order valence-corrected chi connectivity index (χ4v) is 11.4. The fourth-order valence-electron chi connectivity index (χ4n) is 11.4. The van der Waals surface area contributed by atoms with Gasteiger partial charge in [0.1, 0.15) is 0 Å². The molecule has 36 heavy (non-hydrogen) atoms. The van der Waals surface area contributed by atoms with Gasteiger partial charge >= 0.3 is 5.97 Å². The normalized spacial score (nSPS) is 47.1. The number of hydrogen-bond donors (Lipinski definition) is 2. The van der Waals surface area contributed by atoms with Crippen LogP contribution in [0.5, 0.6) is 0 Å². The molecule has 4 saturated carbocycles. The molecule has 5 aliphatic rings. The molecule has 5 aliphatic carbocycles. The number of allylic oxidation sites excluding steroid dienone is 1. The largest absolute Gasteiger partial charge is 0.478 e. The predicted octanol–water partition coefficient (Wildman–Crippen LogP) is 7.83. The number of benzene rings is 1. The van der Waals surface area contributed by atoms with Crippen LogP contribution in [0, 0.1) is 51.2 Å². The summed E-state index contributed by atoms with van der Waals surface area (Å²) < 4.78 is 0. The van der Waals surface area contributed by atoms with E-state index in [0.717, 1.165) is 23.3 Å². The molecule has 0 aromatic heterocycles. The zero-order chi connectivity index (χ0) is 25.7. The smallest absolute Gasteiger partial charge is 0.335 e. The van der Waals surface area contributed by atoms with Gasteiger partial charge in [-0.15, -0.1) is 0 Å². The van der Waals surface area contributed by atoms with E-state index in [1.54, 1.807) is 12.1 Å². The number of rotatable bonds is 2. The number of carbonyl (C=O) groups is 1. The summed E-state index contributed by atoms with van der Waals surface area (Å²) in [6.45, 7) is 12.4. The van der Waals surface area contributed by atoms with Crippen LogP contribution in [0.4, 0.5) is 0 Å². The summed E-state index contributed by atoms with van der Waals surface area (Å²) in [5.41, 5.74) is 3.27. The molecule has 6 rings (SSSR count). The Morgan fingerprint density at radius 2 is 1.56 bits per heavy atom. The van der Waals surface area contributed by atoms with E-state index in [1.165, 1.54) is 63.4 Å². The lowest BCUT2D eigenvalue weighted by Crippen LogP contribution is -2.64. The monoisotopic (exact) mass is 490 g/mol. The molecule has 0 amide bonds. The van der Waals surface area contributed by atoms with E-state index in [9.17, 15) is 15.0 Å². The second-order valence-corrected chi connectivity index (χ2v) is 14.7. The molecule has 0 saturated heterocycles. The van der Waals surface area contributed by atoms with Crippen LogP contribution >= 0.6 is 0 Å². The quantitative estimate of drug-likeness (QED) is 0.444. The molecule has 1 aromatic carbocycles. The Morgan fingerprint density at radius 1 is 0.833 bits per heavy atom. The summed E-state index contributed by atoms with van der Waals surface area (Å²) in [7, 11) is 0. The zero-order valence-corrected chi connectivity index (χ0v) is 23.0. The summed E-state index contributed by atoms with van der Waals surface area (Å²) in [4.78, 5) is 11.4. The number of aromatic carboxylic acids is 1. The highest BCUT2D eigenvalue weighted by atomic mass is 16.4. The van der Waals surface area contributed by atoms with Crippen molar-refractivity contribution in [3.05, 3.63) is 41.5 Å². The van der Waals surface area contributed by atoms with Crippen molar-refractivity contribution in [3.63, 3.8) is 0 Å². The summed E-state index contributed by atoms with van der Waals surface area (Å²) in [6, 6.07) is 7.28. The van der Waals surface area contributed by atoms with Crippen LogP contribution in [0.2, 0.25) is 0 Å². The van der Waals surface area contributed by atoms with Crippen LogP contribution in [0.1, 0.15) is 108 Å². The van der Waals surface area contributed by atoms with Crippen molar-refractivity contribution in [3.8, 4) is 0 Å². The maximum Gasteiger partial charge on any atom is 0.335 e. The van der Waals surface area contributed by atoms with Gasteiger partial charge in [-0.05, 0) is 120 Å². The molecule has 3 heteroatoms. The van der Waals surface area contributed by atoms with Gasteiger partial charge in [0.15, 0.2) is 0 Å². The number of fused-ring (bicyclic) bond motifs is 7. The third-order valence-corrected chi connectivity index (χ3v) is 13.1. The summed E-state index contributed by atoms with van der Waals surface area (Å²) >= 11 is 0. The first-order chi connectivity index (χ1) is 16.9. The van der Waals surface area contributed by atoms with E-state index in [2.05, 4.69) is 40.7 Å². The van der Waals surface area contributed by atoms with E-state index in [0.29, 0.717) is 28.2 Å². The molecule has 0 radical (unpaired) electrons. The lowest BCUT2D eigenvalue weighted by molar-refractivity contribution is -0.202. The molecule has 3 nitrogen and oxygen atoms in total. The maximum absolute atomic E-state index is 11.9. The van der Waals surface area contributed by atoms with Crippen molar-refractivity contribution in [1.29, 1.82) is 0 Å². The average Bonchev–Trinajstić information content (AvgIpc) is 3.23. The highest BCUT2D eigenvalue weighted by Gasteiger charge is 2.66. The first-order valence-corrected chi connectivity index (χ1v) is 14.7. The molecule has 4 fully saturated rings. The van der Waals surface area contributed by atoms with Crippen molar-refractivity contribution in [2.75, 3.05) is 0 Å². The Labute approximate surface area is 217 Å². The van der Waals surface area contributed by atoms with Crippen LogP contribution in [0.15, 0.2) is 30.3 Å². The van der Waals surface area contributed by atoms with E-state index in [-0.39, 0.29) is 10.8 Å². The van der Waals surface area contributed by atoms with Crippen molar-refractivity contribution in [2.45, 2.75) is 98.5 Å². The van der Waals surface area contributed by atoms with Crippen LogP contribution in [-0.4, -0.2) is 22.3 Å². The standard InChI is InChI=1S/C33H46O3/c1-30(2)25(20-8-10-21(11-9-20)29(35)36)19-28(34)33(5)26(30)15-18-32(4)24-14-17-31(3)16-6-7-23(31)22(24)12-13-27(32)33/h8-11,19,22-24,26-28,34H,6-7,12-18H2,1-5H3,(H,35,36)/t22-,23-,24?,26?,27?,28-,31-,32+,33+/m1/s1. The minimum atomic E-state index is -0.895. The number of carboxylic acids is 1. The highest BCUT2D eigenvalue weighted by molar-refractivity contribution is 5.88. The third-order valence-electron chi connectivity index (χ3n) is 13.1. The van der Waals surface area contributed by atoms with Gasteiger partial charge in [-0.2, -0.15) is 0 Å². The van der Waals surface area contributed by atoms with E-state index in [1.807, 2.05) is 12.1 Å². The van der Waals surface area contributed by atoms with Gasteiger partial charge in [-0.1, -0.05) is 59.2 Å². The first kappa shape index (κ1) is 24.7. The maximum atomic E-state index is 11.9. The predicted molar refractivity (Wildman–Crippen MR) is 144 cm³/mol. The molecule has 196 valence electrons. The van der Waals surface area contributed by atoms with Crippen molar-refractivity contribution < 1.29 is 15.0 Å². The molecular weight excluding hydrogens is 444 g/mol. The topological polar surface area (TPSA) is 57.5 Å². The van der Waals surface area contributed by atoms with Gasteiger partial charge in [0.2, 0.25) is 0 Å². The molecule has 2 N–H and O–H groups in total. The average molecular weight is 491 g/mol. The van der Waals surface area contributed by atoms with E-state index < -0.39 is 12.1 Å². The number of hydrogen-bond acceptors (Lipinski definition) is 2. The van der Waals surface area contributed by atoms with Crippen molar-refractivity contribution in [1.82, 2.24) is 0 Å². The van der Waals surface area contributed by atoms with Crippen LogP contribution in [-0.2, 0) is 0 Å². The molecular formula is C33H46O3. The van der Waals surface area contributed by atoms with Crippen LogP contribution in [0.25, 0.3) is 5.57 Å². The molecule has 0 aliphatic heterocycles. The Bertz CT molecular complexity index is 1080. The lowest BCUT2D eigenvalue weighted by Gasteiger charge is -2.69. The van der Waals surface area contributed by atoms with Gasteiger partial charge in [0, 0.05) is 5.41 Å². The zero-order valence-electron chi connectivity index (χ0n) is 23.0. The highest BCUT2D eigenvalue weighted by Crippen LogP contribution is 2.73. The lowest BCUT2D eigenvalue weighted by atomic mass is 9.36. The molecule has 0 spiro atoms. The molecule has 3 unspecified atom stereocenters. The van der Waals surface area contributed by atoms with Gasteiger partial charge in [0.05, 0.1) is 11.7 Å². The summed E-state index contributed by atoms with van der Waals surface area (Å²) in [5, 5.41) is 21.3. The Kier molecular flexibility index (Phi) is 5.46. The van der Waals surface area contributed by atoms with Crippen LogP contribution < -0.4 is 0 Å². The van der Waals surface area contributed by atoms with Crippen molar-refractivity contribution >= 4 is 11.5 Å². The molecule has 9 atom stereocenters. The number of carboxylic acid groups (broad SMARTS) is 1. The minimum absolute atomic E-state index is 0.0759. The van der Waals surface area contributed by atoms with Gasteiger partial charge in [0.25, 0.3) is 0 Å². The SMILES string of the molecule is CC1(C)C(c2ccc(C(=O)O)cc2)=C[C@@H](O)[C@@]2(C)C1CC[C@@]1(C)C3CC[C@@]4(C)CCC[C@@H]4[C@H]3CCC12. The van der Waals surface area contributed by atoms with E-state index in [4.69, 9.17) is 0 Å². The van der Waals surface area contributed by atoms with Gasteiger partial charge in [-0.3, -0.25) is 0 Å². The summed E-state index contributed by atoms with van der Waals surface area (Å²) in [5.74, 6) is 2.70. The summed E-state index contributed by atoms with van der Waals surface area (Å²) in [6.07, 6.45) is 13.9. The van der Waals surface area contributed by atoms with Crippen molar-refractivity contribution in [2.24, 2.45) is 51.2 Å². The second-order valence-electron chi connectivity index (χ2n) is 14.7. The minimum Gasteiger partial charge on any atom is -0.478 e. The second kappa shape index (κ2) is 7.95. The molecule has 1 aromatic rings. The Balaban J connectivity index is 1.36. The van der Waals surface area contributed by atoms with Gasteiger partial charge < -0.3 is 10.2 Å². The third kappa shape index (κ3) is 3.17. The molecule has 0 heterocycles. The Hall–Kier alpha value is -1.61. The Morgan fingerprint density at radius 3 is 2.25 bits per heavy atom. The fraction of sp³-hybridized carbons (Fsp3) is 0.727. The van der Waals surface area contributed by atoms with Crippen LogP contribution in [0.3, 0.4) is 0 Å². The van der Waals surface area contributed by atoms with Gasteiger partial charge in [-0.25, -0.2) is 4.79 Å². The number of aliphatic hydroxyl groups is 1. The van der Waals surface area contributed by atoms with E-state index >= 15 is 0 Å².